The molecular formula is C16H19ClN4O. The Bertz CT molecular complexity index is 728. The van der Waals surface area contributed by atoms with Gasteiger partial charge in [-0.2, -0.15) is 0 Å². The molecule has 0 unspecified atom stereocenters. The van der Waals surface area contributed by atoms with E-state index < -0.39 is 0 Å². The van der Waals surface area contributed by atoms with E-state index in [4.69, 9.17) is 11.6 Å². The molecule has 0 bridgehead atoms. The summed E-state index contributed by atoms with van der Waals surface area (Å²) in [5.74, 6) is 0.804. The van der Waals surface area contributed by atoms with E-state index in [1.54, 1.807) is 6.20 Å². The molecule has 1 N–H and O–H groups in total. The second-order valence-electron chi connectivity index (χ2n) is 5.66. The lowest BCUT2D eigenvalue weighted by Gasteiger charge is -2.27. The fourth-order valence-electron chi connectivity index (χ4n) is 2.82. The number of halogens is 1. The zero-order valence-electron chi connectivity index (χ0n) is 12.6. The van der Waals surface area contributed by atoms with Gasteiger partial charge in [-0.1, -0.05) is 18.5 Å². The van der Waals surface area contributed by atoms with Crippen LogP contribution in [0.15, 0.2) is 23.3 Å². The van der Waals surface area contributed by atoms with Crippen molar-refractivity contribution < 1.29 is 0 Å². The Morgan fingerprint density at radius 1 is 1.41 bits per heavy atom. The highest BCUT2D eigenvalue weighted by Crippen LogP contribution is 2.17. The third-order valence-electron chi connectivity index (χ3n) is 3.85. The van der Waals surface area contributed by atoms with E-state index in [1.165, 1.54) is 0 Å². The summed E-state index contributed by atoms with van der Waals surface area (Å²) in [5, 5.41) is 0.638. The lowest BCUT2D eigenvalue weighted by atomic mass is 10.1. The van der Waals surface area contributed by atoms with E-state index in [9.17, 15) is 4.79 Å². The zero-order chi connectivity index (χ0) is 15.5. The lowest BCUT2D eigenvalue weighted by Crippen LogP contribution is -2.35. The van der Waals surface area contributed by atoms with Gasteiger partial charge in [0.15, 0.2) is 0 Å². The molecule has 5 nitrogen and oxygen atoms in total. The van der Waals surface area contributed by atoms with Crippen LogP contribution in [0.4, 0.5) is 0 Å². The highest BCUT2D eigenvalue weighted by atomic mass is 35.5. The number of aromatic nitrogens is 3. The lowest BCUT2D eigenvalue weighted by molar-refractivity contribution is 0.241. The van der Waals surface area contributed by atoms with Crippen LogP contribution in [0.1, 0.15) is 36.0 Å². The number of hydrogen-bond donors (Lipinski definition) is 1. The molecule has 2 aromatic heterocycles. The van der Waals surface area contributed by atoms with E-state index in [0.717, 1.165) is 55.0 Å². The monoisotopic (exact) mass is 318 g/mol. The van der Waals surface area contributed by atoms with E-state index in [2.05, 4.69) is 26.8 Å². The van der Waals surface area contributed by atoms with Crippen LogP contribution in [0.2, 0.25) is 5.02 Å². The van der Waals surface area contributed by atoms with Gasteiger partial charge in [-0.3, -0.25) is 14.7 Å². The first-order chi connectivity index (χ1) is 10.7. The number of nitrogens with zero attached hydrogens (tertiary/aromatic N) is 3. The molecule has 3 heterocycles. The van der Waals surface area contributed by atoms with Crippen LogP contribution in [0.5, 0.6) is 0 Å². The quantitative estimate of drug-likeness (QED) is 0.940. The Labute approximate surface area is 134 Å². The van der Waals surface area contributed by atoms with Gasteiger partial charge in [0.05, 0.1) is 16.3 Å². The summed E-state index contributed by atoms with van der Waals surface area (Å²) in [7, 11) is 0. The van der Waals surface area contributed by atoms with Gasteiger partial charge < -0.3 is 4.98 Å². The second-order valence-corrected chi connectivity index (χ2v) is 6.10. The van der Waals surface area contributed by atoms with Crippen LogP contribution in [0.3, 0.4) is 0 Å². The smallest absolute Gasteiger partial charge is 0.255 e. The Morgan fingerprint density at radius 2 is 2.27 bits per heavy atom. The molecular weight excluding hydrogens is 300 g/mol. The maximum absolute atomic E-state index is 12.3. The first kappa shape index (κ1) is 15.2. The summed E-state index contributed by atoms with van der Waals surface area (Å²) in [6.45, 7) is 4.33. The van der Waals surface area contributed by atoms with Crippen molar-refractivity contribution in [3.8, 4) is 0 Å². The summed E-state index contributed by atoms with van der Waals surface area (Å²) in [5.41, 5.74) is 2.80. The summed E-state index contributed by atoms with van der Waals surface area (Å²) in [4.78, 5) is 26.1. The molecule has 6 heteroatoms. The van der Waals surface area contributed by atoms with Crippen LogP contribution in [-0.2, 0) is 25.9 Å². The largest absolute Gasteiger partial charge is 0.310 e. The van der Waals surface area contributed by atoms with Crippen LogP contribution in [0.25, 0.3) is 0 Å². The third kappa shape index (κ3) is 3.36. The van der Waals surface area contributed by atoms with Gasteiger partial charge in [0, 0.05) is 44.9 Å². The van der Waals surface area contributed by atoms with Gasteiger partial charge in [-0.15, -0.1) is 0 Å². The van der Waals surface area contributed by atoms with Gasteiger partial charge in [0.1, 0.15) is 5.82 Å². The van der Waals surface area contributed by atoms with Crippen LogP contribution in [-0.4, -0.2) is 26.4 Å². The normalized spacial score (nSPS) is 14.8. The van der Waals surface area contributed by atoms with Crippen molar-refractivity contribution in [3.05, 3.63) is 56.5 Å². The fourth-order valence-corrected chi connectivity index (χ4v) is 3.02. The average molecular weight is 319 g/mol. The number of pyridine rings is 1. The molecule has 2 aromatic rings. The van der Waals surface area contributed by atoms with Crippen molar-refractivity contribution in [2.45, 2.75) is 39.3 Å². The maximum Gasteiger partial charge on any atom is 0.255 e. The van der Waals surface area contributed by atoms with Crippen LogP contribution < -0.4 is 5.56 Å². The molecule has 116 valence electrons. The average Bonchev–Trinajstić information content (AvgIpc) is 2.48. The molecule has 0 atom stereocenters. The Kier molecular flexibility index (Phi) is 4.55. The van der Waals surface area contributed by atoms with Crippen molar-refractivity contribution in [1.29, 1.82) is 0 Å². The van der Waals surface area contributed by atoms with Crippen molar-refractivity contribution in [3.63, 3.8) is 0 Å². The van der Waals surface area contributed by atoms with Gasteiger partial charge in [0.2, 0.25) is 0 Å². The molecule has 3 rings (SSSR count). The molecule has 1 aliphatic rings. The van der Waals surface area contributed by atoms with Crippen LogP contribution in [0, 0.1) is 0 Å². The third-order valence-corrected chi connectivity index (χ3v) is 4.06. The maximum atomic E-state index is 12.3. The van der Waals surface area contributed by atoms with Gasteiger partial charge in [0.25, 0.3) is 5.56 Å². The molecule has 0 saturated heterocycles. The predicted octanol–water partition coefficient (Wildman–Crippen LogP) is 2.33. The molecule has 0 aliphatic carbocycles. The highest BCUT2D eigenvalue weighted by molar-refractivity contribution is 6.30. The number of hydrogen-bond acceptors (Lipinski definition) is 4. The van der Waals surface area contributed by atoms with Crippen molar-refractivity contribution in [2.75, 3.05) is 6.54 Å². The number of rotatable bonds is 4. The minimum Gasteiger partial charge on any atom is -0.310 e. The SMILES string of the molecule is CCCc1nc2c(c(=O)[nH]1)CN(Cc1cncc(Cl)c1)CC2. The zero-order valence-corrected chi connectivity index (χ0v) is 13.4. The number of nitrogens with one attached hydrogen (secondary N) is 1. The summed E-state index contributed by atoms with van der Waals surface area (Å²) in [6, 6.07) is 1.91. The van der Waals surface area contributed by atoms with Crippen LogP contribution >= 0.6 is 11.6 Å². The topological polar surface area (TPSA) is 61.9 Å². The van der Waals surface area contributed by atoms with E-state index >= 15 is 0 Å². The summed E-state index contributed by atoms with van der Waals surface area (Å²) in [6.07, 6.45) is 6.05. The Balaban J connectivity index is 1.78. The van der Waals surface area contributed by atoms with Crippen molar-refractivity contribution in [1.82, 2.24) is 19.9 Å². The van der Waals surface area contributed by atoms with E-state index in [0.29, 0.717) is 11.6 Å². The number of aryl methyl sites for hydroxylation is 1. The molecule has 1 aliphatic heterocycles. The predicted molar refractivity (Wildman–Crippen MR) is 85.9 cm³/mol. The second kappa shape index (κ2) is 6.58. The van der Waals surface area contributed by atoms with E-state index in [-0.39, 0.29) is 5.56 Å². The Hall–Kier alpha value is -1.72. The highest BCUT2D eigenvalue weighted by Gasteiger charge is 2.21. The molecule has 22 heavy (non-hydrogen) atoms. The number of H-pyrrole nitrogens is 1. The van der Waals surface area contributed by atoms with Gasteiger partial charge >= 0.3 is 0 Å². The molecule has 0 saturated carbocycles. The number of fused-ring (bicyclic) bond motifs is 1. The van der Waals surface area contributed by atoms with E-state index in [1.807, 2.05) is 12.3 Å². The first-order valence-corrected chi connectivity index (χ1v) is 7.96. The summed E-state index contributed by atoms with van der Waals surface area (Å²) < 4.78 is 0. The molecule has 0 aromatic carbocycles. The minimum absolute atomic E-state index is 0.00219. The van der Waals surface area contributed by atoms with Crippen molar-refractivity contribution in [2.24, 2.45) is 0 Å². The molecule has 0 amide bonds. The number of aromatic amines is 1. The first-order valence-electron chi connectivity index (χ1n) is 7.58. The minimum atomic E-state index is 0.00219. The molecule has 0 radical (unpaired) electrons. The van der Waals surface area contributed by atoms with Crippen molar-refractivity contribution >= 4 is 11.6 Å². The molecule has 0 spiro atoms. The van der Waals surface area contributed by atoms with Gasteiger partial charge in [-0.05, 0) is 18.1 Å². The fraction of sp³-hybridized carbons (Fsp3) is 0.438. The summed E-state index contributed by atoms with van der Waals surface area (Å²) >= 11 is 5.97. The standard InChI is InChI=1S/C16H19ClN4O/c1-2-3-15-19-14-4-5-21(10-13(14)16(22)20-15)9-11-6-12(17)8-18-7-11/h6-8H,2-5,9-10H2,1H3,(H,19,20,22). The van der Waals surface area contributed by atoms with Gasteiger partial charge in [-0.25, -0.2) is 4.98 Å². The molecule has 0 fully saturated rings. The Morgan fingerprint density at radius 3 is 3.05 bits per heavy atom.